The molecule has 3 nitrogen and oxygen atoms in total. The molecule has 4 heteroatoms. The van der Waals surface area contributed by atoms with Crippen LogP contribution in [0.3, 0.4) is 0 Å². The Balaban J connectivity index is 0.000000574. The second-order valence-electron chi connectivity index (χ2n) is 4.63. The zero-order valence-corrected chi connectivity index (χ0v) is 11.3. The Hall–Kier alpha value is -1.58. The van der Waals surface area contributed by atoms with Crippen LogP contribution in [0.1, 0.15) is 27.2 Å². The first-order valence-electron chi connectivity index (χ1n) is 6.32. The third kappa shape index (κ3) is 1.96. The SMILES string of the molecule is CC.COc1ccc(N2N=CC3(C)CC23)cc1F. The molecule has 0 amide bonds. The van der Waals surface area contributed by atoms with Crippen molar-refractivity contribution in [3.05, 3.63) is 24.0 Å². The number of hydrogen-bond acceptors (Lipinski definition) is 3. The fourth-order valence-electron chi connectivity index (χ4n) is 2.18. The Kier molecular flexibility index (Phi) is 3.28. The van der Waals surface area contributed by atoms with Gasteiger partial charge >= 0.3 is 0 Å². The topological polar surface area (TPSA) is 24.8 Å². The number of hydrogen-bond donors (Lipinski definition) is 0. The lowest BCUT2D eigenvalue weighted by molar-refractivity contribution is 0.386. The van der Waals surface area contributed by atoms with Crippen molar-refractivity contribution in [1.82, 2.24) is 0 Å². The third-order valence-corrected chi connectivity index (χ3v) is 3.41. The molecular formula is C14H19FN2O. The highest BCUT2D eigenvalue weighted by Crippen LogP contribution is 2.52. The minimum absolute atomic E-state index is 0.205. The molecule has 18 heavy (non-hydrogen) atoms. The first-order chi connectivity index (χ1) is 8.64. The van der Waals surface area contributed by atoms with Crippen LogP contribution in [0.2, 0.25) is 0 Å². The molecule has 2 atom stereocenters. The molecule has 2 aliphatic rings. The smallest absolute Gasteiger partial charge is 0.167 e. The maximum Gasteiger partial charge on any atom is 0.167 e. The Morgan fingerprint density at radius 3 is 2.61 bits per heavy atom. The monoisotopic (exact) mass is 250 g/mol. The number of hydrazone groups is 1. The third-order valence-electron chi connectivity index (χ3n) is 3.41. The standard InChI is InChI=1S/C12H13FN2O.C2H6/c1-12-6-11(12)15(14-7-12)8-3-4-10(16-2)9(13)5-8;1-2/h3-5,7,11H,6H2,1-2H3;1-2H3. The highest BCUT2D eigenvalue weighted by molar-refractivity contribution is 5.79. The largest absolute Gasteiger partial charge is 0.494 e. The van der Waals surface area contributed by atoms with Gasteiger partial charge in [0.2, 0.25) is 0 Å². The number of fused-ring (bicyclic) bond motifs is 1. The summed E-state index contributed by atoms with van der Waals surface area (Å²) in [6, 6.07) is 5.35. The van der Waals surface area contributed by atoms with Crippen LogP contribution in [-0.2, 0) is 0 Å². The number of methoxy groups -OCH3 is 1. The van der Waals surface area contributed by atoms with Gasteiger partial charge in [-0.25, -0.2) is 4.39 Å². The highest BCUT2D eigenvalue weighted by Gasteiger charge is 2.56. The van der Waals surface area contributed by atoms with E-state index in [2.05, 4.69) is 12.0 Å². The summed E-state index contributed by atoms with van der Waals surface area (Å²) in [5, 5.41) is 6.20. The van der Waals surface area contributed by atoms with E-state index in [-0.39, 0.29) is 17.0 Å². The number of benzene rings is 1. The molecule has 98 valence electrons. The first-order valence-corrected chi connectivity index (χ1v) is 6.32. The van der Waals surface area contributed by atoms with E-state index < -0.39 is 0 Å². The van der Waals surface area contributed by atoms with Crippen LogP contribution in [0.5, 0.6) is 5.75 Å². The van der Waals surface area contributed by atoms with Gasteiger partial charge in [-0.3, -0.25) is 5.01 Å². The van der Waals surface area contributed by atoms with Crippen molar-refractivity contribution in [3.63, 3.8) is 0 Å². The van der Waals surface area contributed by atoms with E-state index in [0.29, 0.717) is 6.04 Å². The van der Waals surface area contributed by atoms with E-state index >= 15 is 0 Å². The molecule has 1 aromatic rings. The van der Waals surface area contributed by atoms with Crippen LogP contribution in [0, 0.1) is 11.2 Å². The summed E-state index contributed by atoms with van der Waals surface area (Å²) in [7, 11) is 1.46. The van der Waals surface area contributed by atoms with Gasteiger partial charge in [0.15, 0.2) is 11.6 Å². The molecule has 1 aliphatic heterocycles. The van der Waals surface area contributed by atoms with Crippen LogP contribution in [-0.4, -0.2) is 19.4 Å². The van der Waals surface area contributed by atoms with Gasteiger partial charge in [0, 0.05) is 17.7 Å². The average Bonchev–Trinajstić information content (AvgIpc) is 2.94. The molecule has 1 fully saturated rings. The molecule has 1 aliphatic carbocycles. The van der Waals surface area contributed by atoms with Gasteiger partial charge in [0.05, 0.1) is 18.8 Å². The molecule has 0 N–H and O–H groups in total. The van der Waals surface area contributed by atoms with Gasteiger partial charge in [0.1, 0.15) is 0 Å². The lowest BCUT2D eigenvalue weighted by Gasteiger charge is -2.16. The van der Waals surface area contributed by atoms with Crippen molar-refractivity contribution < 1.29 is 9.13 Å². The molecule has 1 saturated carbocycles. The van der Waals surface area contributed by atoms with Crippen LogP contribution in [0.15, 0.2) is 23.3 Å². The molecule has 1 aromatic carbocycles. The Morgan fingerprint density at radius 1 is 1.44 bits per heavy atom. The summed E-state index contributed by atoms with van der Waals surface area (Å²) < 4.78 is 18.4. The quantitative estimate of drug-likeness (QED) is 0.803. The van der Waals surface area contributed by atoms with Crippen LogP contribution < -0.4 is 9.75 Å². The molecule has 0 bridgehead atoms. The summed E-state index contributed by atoms with van der Waals surface area (Å²) in [6.45, 7) is 6.17. The summed E-state index contributed by atoms with van der Waals surface area (Å²) >= 11 is 0. The van der Waals surface area contributed by atoms with Crippen LogP contribution >= 0.6 is 0 Å². The van der Waals surface area contributed by atoms with E-state index in [1.807, 2.05) is 31.1 Å². The van der Waals surface area contributed by atoms with Crippen molar-refractivity contribution in [1.29, 1.82) is 0 Å². The second kappa shape index (κ2) is 4.59. The van der Waals surface area contributed by atoms with Crippen molar-refractivity contribution in [3.8, 4) is 5.75 Å². The number of halogens is 1. The normalized spacial score (nSPS) is 27.4. The van der Waals surface area contributed by atoms with Crippen molar-refractivity contribution in [2.45, 2.75) is 33.2 Å². The molecule has 1 heterocycles. The zero-order chi connectivity index (χ0) is 13.3. The molecule has 3 rings (SSSR count). The van der Waals surface area contributed by atoms with E-state index in [1.54, 1.807) is 6.07 Å². The zero-order valence-electron chi connectivity index (χ0n) is 11.3. The summed E-state index contributed by atoms with van der Waals surface area (Å²) in [5.74, 6) is -0.0741. The van der Waals surface area contributed by atoms with Gasteiger partial charge in [-0.1, -0.05) is 20.8 Å². The fraction of sp³-hybridized carbons (Fsp3) is 0.500. The summed E-state index contributed by atoms with van der Waals surface area (Å²) in [4.78, 5) is 0. The van der Waals surface area contributed by atoms with Gasteiger partial charge in [-0.15, -0.1) is 0 Å². The molecular weight excluding hydrogens is 231 g/mol. The van der Waals surface area contributed by atoms with Gasteiger partial charge < -0.3 is 4.74 Å². The number of rotatable bonds is 2. The van der Waals surface area contributed by atoms with Gasteiger partial charge in [0.25, 0.3) is 0 Å². The summed E-state index contributed by atoms with van der Waals surface area (Å²) in [5.41, 5.74) is 0.997. The van der Waals surface area contributed by atoms with Crippen LogP contribution in [0.25, 0.3) is 0 Å². The molecule has 0 spiro atoms. The number of nitrogens with zero attached hydrogens (tertiary/aromatic N) is 2. The van der Waals surface area contributed by atoms with Crippen molar-refractivity contribution in [2.24, 2.45) is 10.5 Å². The highest BCUT2D eigenvalue weighted by atomic mass is 19.1. The average molecular weight is 250 g/mol. The predicted molar refractivity (Wildman–Crippen MR) is 71.8 cm³/mol. The minimum atomic E-state index is -0.343. The van der Waals surface area contributed by atoms with E-state index in [0.717, 1.165) is 12.1 Å². The predicted octanol–water partition coefficient (Wildman–Crippen LogP) is 3.44. The minimum Gasteiger partial charge on any atom is -0.494 e. The van der Waals surface area contributed by atoms with Crippen LogP contribution in [0.4, 0.5) is 10.1 Å². The second-order valence-corrected chi connectivity index (χ2v) is 4.63. The number of ether oxygens (including phenoxy) is 1. The fourth-order valence-corrected chi connectivity index (χ4v) is 2.18. The molecule has 0 aromatic heterocycles. The lowest BCUT2D eigenvalue weighted by Crippen LogP contribution is -2.17. The van der Waals surface area contributed by atoms with E-state index in [4.69, 9.17) is 4.74 Å². The first kappa shape index (κ1) is 12.9. The van der Waals surface area contributed by atoms with Gasteiger partial charge in [-0.2, -0.15) is 5.10 Å². The lowest BCUT2D eigenvalue weighted by atomic mass is 10.2. The Bertz CT molecular complexity index is 475. The van der Waals surface area contributed by atoms with Crippen molar-refractivity contribution >= 4 is 11.9 Å². The van der Waals surface area contributed by atoms with E-state index in [9.17, 15) is 4.39 Å². The van der Waals surface area contributed by atoms with E-state index in [1.165, 1.54) is 13.2 Å². The number of anilines is 1. The maximum absolute atomic E-state index is 13.5. The molecule has 0 radical (unpaired) electrons. The molecule has 2 unspecified atom stereocenters. The summed E-state index contributed by atoms with van der Waals surface area (Å²) in [6.07, 6.45) is 3.06. The molecule has 0 saturated heterocycles. The van der Waals surface area contributed by atoms with Crippen molar-refractivity contribution in [2.75, 3.05) is 12.1 Å². The maximum atomic E-state index is 13.5. The Morgan fingerprint density at radius 2 is 2.17 bits per heavy atom. The Labute approximate surface area is 107 Å². The van der Waals surface area contributed by atoms with Gasteiger partial charge in [-0.05, 0) is 18.6 Å².